The minimum Gasteiger partial charge on any atom is -0.367 e. The molecule has 2 aliphatic rings. The molecule has 0 spiro atoms. The first kappa shape index (κ1) is 11.8. The number of ether oxygens (including phenoxy) is 1. The normalized spacial score (nSPS) is 33.2. The van der Waals surface area contributed by atoms with Gasteiger partial charge in [-0.05, 0) is 5.56 Å². The maximum Gasteiger partial charge on any atom is 0.170 e. The molecule has 2 aliphatic heterocycles. The predicted octanol–water partition coefficient (Wildman–Crippen LogP) is 1.11. The van der Waals surface area contributed by atoms with Crippen molar-refractivity contribution in [1.29, 1.82) is 0 Å². The number of Topliss-reactive ketones (excluding diaryl/α,β-unsaturated/α-hetero) is 1. The van der Waals surface area contributed by atoms with Gasteiger partial charge in [0.15, 0.2) is 6.29 Å². The molecule has 18 heavy (non-hydrogen) atoms. The fourth-order valence-corrected chi connectivity index (χ4v) is 2.88. The van der Waals surface area contributed by atoms with Gasteiger partial charge >= 0.3 is 0 Å². The number of carbonyl (C=O) groups is 1. The molecule has 0 amide bonds. The lowest BCUT2D eigenvalue weighted by atomic mass is 9.94. The summed E-state index contributed by atoms with van der Waals surface area (Å²) in [6.07, 6.45) is 0.131. The van der Waals surface area contributed by atoms with E-state index in [1.165, 1.54) is 5.56 Å². The van der Waals surface area contributed by atoms with E-state index in [1.54, 1.807) is 0 Å². The third-order valence-corrected chi connectivity index (χ3v) is 3.85. The molecular weight excluding hydrogens is 230 g/mol. The van der Waals surface area contributed by atoms with Crippen LogP contribution in [0.5, 0.6) is 0 Å². The zero-order valence-electron chi connectivity index (χ0n) is 10.2. The Balaban J connectivity index is 1.86. The van der Waals surface area contributed by atoms with Crippen molar-refractivity contribution in [3.63, 3.8) is 0 Å². The van der Waals surface area contributed by atoms with Crippen molar-refractivity contribution in [1.82, 2.24) is 4.90 Å². The lowest BCUT2D eigenvalue weighted by molar-refractivity contribution is -0.207. The molecule has 96 valence electrons. The highest BCUT2D eigenvalue weighted by atomic mass is 16.6. The van der Waals surface area contributed by atoms with Crippen LogP contribution >= 0.6 is 0 Å². The van der Waals surface area contributed by atoms with Crippen molar-refractivity contribution in [2.75, 3.05) is 13.2 Å². The third kappa shape index (κ3) is 2.07. The molecular formula is C14H17NO3. The van der Waals surface area contributed by atoms with Crippen LogP contribution in [0.25, 0.3) is 0 Å². The Hall–Kier alpha value is -1.23. The monoisotopic (exact) mass is 247 g/mol. The SMILES string of the molecule is O=C1CCN2[C@H](C1)C(O)OC[C@H]2c1ccccc1. The second kappa shape index (κ2) is 4.80. The molecule has 0 aromatic heterocycles. The number of aliphatic hydroxyl groups excluding tert-OH is 1. The molecule has 0 bridgehead atoms. The summed E-state index contributed by atoms with van der Waals surface area (Å²) in [4.78, 5) is 13.7. The number of benzene rings is 1. The molecule has 1 aromatic carbocycles. The van der Waals surface area contributed by atoms with Gasteiger partial charge in [0.2, 0.25) is 0 Å². The highest BCUT2D eigenvalue weighted by Gasteiger charge is 2.41. The van der Waals surface area contributed by atoms with Gasteiger partial charge in [0.05, 0.1) is 18.7 Å². The van der Waals surface area contributed by atoms with Gasteiger partial charge in [-0.15, -0.1) is 0 Å². The molecule has 0 radical (unpaired) electrons. The molecule has 3 atom stereocenters. The van der Waals surface area contributed by atoms with Gasteiger partial charge in [-0.25, -0.2) is 0 Å². The van der Waals surface area contributed by atoms with Crippen LogP contribution < -0.4 is 0 Å². The van der Waals surface area contributed by atoms with Gasteiger partial charge in [0.1, 0.15) is 5.78 Å². The second-order valence-corrected chi connectivity index (χ2v) is 4.95. The number of carbonyl (C=O) groups excluding carboxylic acids is 1. The van der Waals surface area contributed by atoms with Crippen molar-refractivity contribution in [2.24, 2.45) is 0 Å². The highest BCUT2D eigenvalue weighted by Crippen LogP contribution is 2.33. The molecule has 1 unspecified atom stereocenters. The second-order valence-electron chi connectivity index (χ2n) is 4.95. The number of hydrogen-bond donors (Lipinski definition) is 1. The van der Waals surface area contributed by atoms with Gasteiger partial charge in [0, 0.05) is 19.4 Å². The van der Waals surface area contributed by atoms with Gasteiger partial charge < -0.3 is 9.84 Å². The van der Waals surface area contributed by atoms with Gasteiger partial charge in [-0.2, -0.15) is 0 Å². The van der Waals surface area contributed by atoms with E-state index in [4.69, 9.17) is 4.74 Å². The number of aliphatic hydroxyl groups is 1. The van der Waals surface area contributed by atoms with E-state index in [2.05, 4.69) is 17.0 Å². The van der Waals surface area contributed by atoms with Gasteiger partial charge in [-0.1, -0.05) is 30.3 Å². The maximum absolute atomic E-state index is 11.5. The van der Waals surface area contributed by atoms with Crippen LogP contribution in [-0.2, 0) is 9.53 Å². The molecule has 4 nitrogen and oxygen atoms in total. The molecule has 0 aliphatic carbocycles. The van der Waals surface area contributed by atoms with E-state index in [9.17, 15) is 9.90 Å². The number of morpholine rings is 1. The Morgan fingerprint density at radius 1 is 1.28 bits per heavy atom. The van der Waals surface area contributed by atoms with Crippen molar-refractivity contribution < 1.29 is 14.6 Å². The summed E-state index contributed by atoms with van der Waals surface area (Å²) in [6.45, 7) is 1.19. The van der Waals surface area contributed by atoms with E-state index in [1.807, 2.05) is 18.2 Å². The molecule has 0 saturated carbocycles. The largest absolute Gasteiger partial charge is 0.367 e. The van der Waals surface area contributed by atoms with E-state index >= 15 is 0 Å². The zero-order valence-corrected chi connectivity index (χ0v) is 10.2. The molecule has 4 heteroatoms. The third-order valence-electron chi connectivity index (χ3n) is 3.85. The maximum atomic E-state index is 11.5. The Labute approximate surface area is 106 Å². The fraction of sp³-hybridized carbons (Fsp3) is 0.500. The van der Waals surface area contributed by atoms with Crippen molar-refractivity contribution in [3.05, 3.63) is 35.9 Å². The van der Waals surface area contributed by atoms with Crippen LogP contribution in [0, 0.1) is 0 Å². The zero-order chi connectivity index (χ0) is 12.5. The molecule has 1 N–H and O–H groups in total. The first-order valence-corrected chi connectivity index (χ1v) is 6.38. The predicted molar refractivity (Wildman–Crippen MR) is 65.9 cm³/mol. The lowest BCUT2D eigenvalue weighted by Crippen LogP contribution is -2.56. The standard InChI is InChI=1S/C14H17NO3/c16-11-6-7-15-12(8-11)14(17)18-9-13(15)10-4-2-1-3-5-10/h1-5,12-14,17H,6-9H2/t12-,13+,14?/m1/s1. The van der Waals surface area contributed by atoms with E-state index in [0.29, 0.717) is 26.0 Å². The molecule has 2 saturated heterocycles. The molecule has 2 heterocycles. The van der Waals surface area contributed by atoms with Crippen LogP contribution in [0.3, 0.4) is 0 Å². The van der Waals surface area contributed by atoms with Crippen LogP contribution in [0.15, 0.2) is 30.3 Å². The minimum absolute atomic E-state index is 0.146. The van der Waals surface area contributed by atoms with Crippen molar-refractivity contribution in [3.8, 4) is 0 Å². The molecule has 2 fully saturated rings. The summed E-state index contributed by atoms with van der Waals surface area (Å²) >= 11 is 0. The average Bonchev–Trinajstić information content (AvgIpc) is 2.41. The highest BCUT2D eigenvalue weighted by molar-refractivity contribution is 5.80. The fourth-order valence-electron chi connectivity index (χ4n) is 2.88. The van der Waals surface area contributed by atoms with Crippen LogP contribution in [-0.4, -0.2) is 41.3 Å². The first-order valence-electron chi connectivity index (χ1n) is 6.38. The molecule has 1 aromatic rings. The topological polar surface area (TPSA) is 49.8 Å². The Bertz CT molecular complexity index is 434. The van der Waals surface area contributed by atoms with E-state index in [-0.39, 0.29) is 17.9 Å². The summed E-state index contributed by atoms with van der Waals surface area (Å²) in [5, 5.41) is 9.87. The number of hydrogen-bond acceptors (Lipinski definition) is 4. The lowest BCUT2D eigenvalue weighted by Gasteiger charge is -2.46. The number of ketones is 1. The van der Waals surface area contributed by atoms with Crippen molar-refractivity contribution in [2.45, 2.75) is 31.2 Å². The Morgan fingerprint density at radius 2 is 2.06 bits per heavy atom. The van der Waals surface area contributed by atoms with Crippen LogP contribution in [0.1, 0.15) is 24.4 Å². The number of piperidine rings is 1. The summed E-state index contributed by atoms with van der Waals surface area (Å²) in [6, 6.07) is 10.1. The summed E-state index contributed by atoms with van der Waals surface area (Å²) in [5.74, 6) is 0.215. The number of rotatable bonds is 1. The Morgan fingerprint density at radius 3 is 2.83 bits per heavy atom. The van der Waals surface area contributed by atoms with Crippen molar-refractivity contribution >= 4 is 5.78 Å². The smallest absolute Gasteiger partial charge is 0.170 e. The van der Waals surface area contributed by atoms with Gasteiger partial charge in [0.25, 0.3) is 0 Å². The van der Waals surface area contributed by atoms with E-state index < -0.39 is 6.29 Å². The van der Waals surface area contributed by atoms with Gasteiger partial charge in [-0.3, -0.25) is 9.69 Å². The summed E-state index contributed by atoms with van der Waals surface area (Å²) < 4.78 is 5.42. The number of fused-ring (bicyclic) bond motifs is 1. The average molecular weight is 247 g/mol. The first-order chi connectivity index (χ1) is 8.75. The van der Waals surface area contributed by atoms with E-state index in [0.717, 1.165) is 0 Å². The molecule has 3 rings (SSSR count). The minimum atomic E-state index is -0.839. The summed E-state index contributed by atoms with van der Waals surface area (Å²) in [7, 11) is 0. The van der Waals surface area contributed by atoms with Crippen LogP contribution in [0.4, 0.5) is 0 Å². The quantitative estimate of drug-likeness (QED) is 0.807. The Kier molecular flexibility index (Phi) is 3.16. The van der Waals surface area contributed by atoms with Crippen LogP contribution in [0.2, 0.25) is 0 Å². The summed E-state index contributed by atoms with van der Waals surface area (Å²) in [5.41, 5.74) is 1.18. The number of nitrogens with zero attached hydrogens (tertiary/aromatic N) is 1.